The largest absolute Gasteiger partial charge is 0.300 e. The van der Waals surface area contributed by atoms with Crippen LogP contribution < -0.4 is 0 Å². The fourth-order valence-corrected chi connectivity index (χ4v) is 1.54. The Kier molecular flexibility index (Phi) is 4.16. The molecule has 1 nitrogen and oxygen atoms in total. The van der Waals surface area contributed by atoms with Crippen molar-refractivity contribution in [1.82, 2.24) is 0 Å². The first-order valence-corrected chi connectivity index (χ1v) is 5.47. The van der Waals surface area contributed by atoms with E-state index < -0.39 is 0 Å². The summed E-state index contributed by atoms with van der Waals surface area (Å²) >= 11 is 3.40. The molecule has 1 rings (SSSR count). The number of carbonyl (C=O) groups is 1. The highest BCUT2D eigenvalue weighted by Gasteiger charge is 1.97. The van der Waals surface area contributed by atoms with Gasteiger partial charge in [0.25, 0.3) is 0 Å². The topological polar surface area (TPSA) is 17.1 Å². The lowest BCUT2D eigenvalue weighted by molar-refractivity contribution is -0.116. The first-order valence-electron chi connectivity index (χ1n) is 4.35. The third kappa shape index (κ3) is 3.73. The lowest BCUT2D eigenvalue weighted by Gasteiger charge is -2.01. The Morgan fingerprint density at radius 3 is 2.69 bits per heavy atom. The van der Waals surface area contributed by atoms with Gasteiger partial charge in [0.1, 0.15) is 5.78 Å². The van der Waals surface area contributed by atoms with Crippen LogP contribution in [-0.2, 0) is 16.5 Å². The van der Waals surface area contributed by atoms with E-state index in [0.29, 0.717) is 6.42 Å². The number of carbonyl (C=O) groups excluding carboxylic acids is 1. The molecule has 0 saturated carbocycles. The second-order valence-corrected chi connectivity index (χ2v) is 3.72. The number of rotatable bonds is 4. The standard InChI is InChI=1S/C11H13BrO/c1-9(13)5-6-10-3-2-4-11(7-10)8-12/h2-4,7H,5-6,8H2,1H3. The highest BCUT2D eigenvalue weighted by Crippen LogP contribution is 2.10. The van der Waals surface area contributed by atoms with Crippen LogP contribution in [0.5, 0.6) is 0 Å². The Hall–Kier alpha value is -0.630. The Morgan fingerprint density at radius 2 is 2.08 bits per heavy atom. The number of alkyl halides is 1. The third-order valence-corrected chi connectivity index (χ3v) is 2.56. The Morgan fingerprint density at radius 1 is 1.38 bits per heavy atom. The van der Waals surface area contributed by atoms with Crippen molar-refractivity contribution < 1.29 is 4.79 Å². The minimum absolute atomic E-state index is 0.254. The van der Waals surface area contributed by atoms with Gasteiger partial charge in [-0.3, -0.25) is 0 Å². The Bertz CT molecular complexity index is 294. The van der Waals surface area contributed by atoms with Crippen molar-refractivity contribution in [2.45, 2.75) is 25.1 Å². The maximum Gasteiger partial charge on any atom is 0.130 e. The van der Waals surface area contributed by atoms with Gasteiger partial charge in [0.15, 0.2) is 0 Å². The summed E-state index contributed by atoms with van der Waals surface area (Å²) in [6.07, 6.45) is 1.50. The molecule has 0 saturated heterocycles. The van der Waals surface area contributed by atoms with Gasteiger partial charge in [0.05, 0.1) is 0 Å². The molecule has 0 spiro atoms. The van der Waals surface area contributed by atoms with Gasteiger partial charge >= 0.3 is 0 Å². The molecule has 0 radical (unpaired) electrons. The molecule has 0 aromatic heterocycles. The van der Waals surface area contributed by atoms with Crippen molar-refractivity contribution >= 4 is 21.7 Å². The molecule has 2 heteroatoms. The van der Waals surface area contributed by atoms with Crippen molar-refractivity contribution in [3.63, 3.8) is 0 Å². The predicted molar refractivity (Wildman–Crippen MR) is 58.1 cm³/mol. The molecule has 1 aromatic rings. The second-order valence-electron chi connectivity index (χ2n) is 3.16. The van der Waals surface area contributed by atoms with E-state index in [2.05, 4.69) is 34.1 Å². The van der Waals surface area contributed by atoms with Crippen LogP contribution in [0, 0.1) is 0 Å². The zero-order valence-corrected chi connectivity index (χ0v) is 9.30. The summed E-state index contributed by atoms with van der Waals surface area (Å²) in [6, 6.07) is 8.31. The zero-order chi connectivity index (χ0) is 9.68. The molecule has 70 valence electrons. The van der Waals surface area contributed by atoms with Crippen LogP contribution in [-0.4, -0.2) is 5.78 Å². The van der Waals surface area contributed by atoms with Crippen LogP contribution in [0.15, 0.2) is 24.3 Å². The molecule has 0 N–H and O–H groups in total. The first kappa shape index (κ1) is 10.5. The summed E-state index contributed by atoms with van der Waals surface area (Å²) in [5.74, 6) is 0.254. The van der Waals surface area contributed by atoms with Crippen molar-refractivity contribution in [2.24, 2.45) is 0 Å². The van der Waals surface area contributed by atoms with Crippen LogP contribution in [0.4, 0.5) is 0 Å². The van der Waals surface area contributed by atoms with E-state index in [4.69, 9.17) is 0 Å². The van der Waals surface area contributed by atoms with Crippen LogP contribution in [0.25, 0.3) is 0 Å². The zero-order valence-electron chi connectivity index (χ0n) is 7.72. The Labute approximate surface area is 87.3 Å². The van der Waals surface area contributed by atoms with Crippen molar-refractivity contribution in [3.05, 3.63) is 35.4 Å². The molecule has 1 aromatic carbocycles. The molecule has 0 aliphatic carbocycles. The summed E-state index contributed by atoms with van der Waals surface area (Å²) < 4.78 is 0. The monoisotopic (exact) mass is 240 g/mol. The summed E-state index contributed by atoms with van der Waals surface area (Å²) in [5.41, 5.74) is 2.51. The molecule has 0 bridgehead atoms. The summed E-state index contributed by atoms with van der Waals surface area (Å²) in [4.78, 5) is 10.8. The molecule has 0 amide bonds. The van der Waals surface area contributed by atoms with Crippen LogP contribution in [0.2, 0.25) is 0 Å². The molecule has 13 heavy (non-hydrogen) atoms. The van der Waals surface area contributed by atoms with E-state index >= 15 is 0 Å². The van der Waals surface area contributed by atoms with Crippen molar-refractivity contribution in [3.8, 4) is 0 Å². The summed E-state index contributed by atoms with van der Waals surface area (Å²) in [5, 5.41) is 0.876. The number of benzene rings is 1. The third-order valence-electron chi connectivity index (χ3n) is 1.91. The van der Waals surface area contributed by atoms with Gasteiger partial charge in [0, 0.05) is 11.8 Å². The van der Waals surface area contributed by atoms with Crippen molar-refractivity contribution in [1.29, 1.82) is 0 Å². The SMILES string of the molecule is CC(=O)CCc1cccc(CBr)c1. The summed E-state index contributed by atoms with van der Waals surface area (Å²) in [6.45, 7) is 1.63. The lowest BCUT2D eigenvalue weighted by Crippen LogP contribution is -1.94. The maximum absolute atomic E-state index is 10.8. The number of hydrogen-bond donors (Lipinski definition) is 0. The smallest absolute Gasteiger partial charge is 0.130 e. The van der Waals surface area contributed by atoms with Gasteiger partial charge in [-0.1, -0.05) is 40.2 Å². The lowest BCUT2D eigenvalue weighted by atomic mass is 10.1. The van der Waals surface area contributed by atoms with Crippen molar-refractivity contribution in [2.75, 3.05) is 0 Å². The minimum Gasteiger partial charge on any atom is -0.300 e. The second kappa shape index (κ2) is 5.18. The molecule has 0 aliphatic heterocycles. The number of ketones is 1. The first-order chi connectivity index (χ1) is 6.22. The molecule has 0 heterocycles. The van der Waals surface area contributed by atoms with E-state index in [9.17, 15) is 4.79 Å². The van der Waals surface area contributed by atoms with Gasteiger partial charge in [-0.25, -0.2) is 0 Å². The van der Waals surface area contributed by atoms with Crippen LogP contribution in [0.3, 0.4) is 0 Å². The molecule has 0 unspecified atom stereocenters. The molecule has 0 aliphatic rings. The van der Waals surface area contributed by atoms with Gasteiger partial charge in [-0.05, 0) is 24.5 Å². The Balaban J connectivity index is 2.61. The number of hydrogen-bond acceptors (Lipinski definition) is 1. The van der Waals surface area contributed by atoms with Gasteiger partial charge in [0.2, 0.25) is 0 Å². The fourth-order valence-electron chi connectivity index (χ4n) is 1.19. The number of aryl methyl sites for hydroxylation is 1. The van der Waals surface area contributed by atoms with E-state index in [0.717, 1.165) is 11.8 Å². The van der Waals surface area contributed by atoms with Gasteiger partial charge in [-0.2, -0.15) is 0 Å². The fraction of sp³-hybridized carbons (Fsp3) is 0.364. The number of Topliss-reactive ketones (excluding diaryl/α,β-unsaturated/α-hetero) is 1. The van der Waals surface area contributed by atoms with E-state index in [1.54, 1.807) is 6.92 Å². The molecule has 0 atom stereocenters. The highest BCUT2D eigenvalue weighted by molar-refractivity contribution is 9.08. The summed E-state index contributed by atoms with van der Waals surface area (Å²) in [7, 11) is 0. The van der Waals surface area contributed by atoms with E-state index in [1.165, 1.54) is 11.1 Å². The molecular weight excluding hydrogens is 228 g/mol. The highest BCUT2D eigenvalue weighted by atomic mass is 79.9. The van der Waals surface area contributed by atoms with Gasteiger partial charge in [-0.15, -0.1) is 0 Å². The average molecular weight is 241 g/mol. The minimum atomic E-state index is 0.254. The predicted octanol–water partition coefficient (Wildman–Crippen LogP) is 3.10. The van der Waals surface area contributed by atoms with Crippen LogP contribution in [0.1, 0.15) is 24.5 Å². The quantitative estimate of drug-likeness (QED) is 0.740. The van der Waals surface area contributed by atoms with Gasteiger partial charge < -0.3 is 4.79 Å². The van der Waals surface area contributed by atoms with E-state index in [1.807, 2.05) is 6.07 Å². The normalized spacial score (nSPS) is 10.0. The average Bonchev–Trinajstić information content (AvgIpc) is 2.15. The van der Waals surface area contributed by atoms with Crippen LogP contribution >= 0.6 is 15.9 Å². The van der Waals surface area contributed by atoms with E-state index in [-0.39, 0.29) is 5.78 Å². The number of halogens is 1. The molecule has 0 fully saturated rings. The maximum atomic E-state index is 10.8. The molecular formula is C11H13BrO.